The van der Waals surface area contributed by atoms with Crippen LogP contribution in [-0.2, 0) is 11.8 Å². The molecular formula is C10H13N3O4. The second kappa shape index (κ2) is 4.17. The van der Waals surface area contributed by atoms with Gasteiger partial charge in [0.25, 0.3) is 5.91 Å². The zero-order valence-electron chi connectivity index (χ0n) is 9.28. The fourth-order valence-corrected chi connectivity index (χ4v) is 1.95. The Balaban J connectivity index is 2.21. The van der Waals surface area contributed by atoms with Crippen LogP contribution >= 0.6 is 0 Å². The molecule has 2 atom stereocenters. The predicted octanol–water partition coefficient (Wildman–Crippen LogP) is -0.920. The molecule has 7 nitrogen and oxygen atoms in total. The number of hydrogen-bond donors (Lipinski definition) is 2. The second-order valence-electron chi connectivity index (χ2n) is 4.08. The molecule has 1 amide bonds. The molecule has 0 spiro atoms. The number of amides is 1. The van der Waals surface area contributed by atoms with Crippen molar-refractivity contribution in [2.24, 2.45) is 7.05 Å². The number of aliphatic hydroxyl groups excluding tert-OH is 1. The normalized spacial score (nSPS) is 24.0. The van der Waals surface area contributed by atoms with Crippen molar-refractivity contribution in [2.75, 3.05) is 6.54 Å². The Bertz CT molecular complexity index is 456. The van der Waals surface area contributed by atoms with Gasteiger partial charge in [-0.3, -0.25) is 9.48 Å². The highest BCUT2D eigenvalue weighted by Gasteiger charge is 2.39. The van der Waals surface area contributed by atoms with Crippen molar-refractivity contribution < 1.29 is 19.8 Å². The third-order valence-electron chi connectivity index (χ3n) is 2.76. The SMILES string of the molecule is Cn1ccc(C(=O)N2C[C@H](O)C[C@@H]2C(=O)O)n1. The highest BCUT2D eigenvalue weighted by molar-refractivity contribution is 5.95. The summed E-state index contributed by atoms with van der Waals surface area (Å²) in [6, 6.07) is 0.547. The van der Waals surface area contributed by atoms with Gasteiger partial charge in [-0.15, -0.1) is 0 Å². The van der Waals surface area contributed by atoms with E-state index in [1.165, 1.54) is 10.7 Å². The first-order chi connectivity index (χ1) is 7.99. The Morgan fingerprint density at radius 3 is 2.76 bits per heavy atom. The smallest absolute Gasteiger partial charge is 0.326 e. The van der Waals surface area contributed by atoms with E-state index in [4.69, 9.17) is 5.11 Å². The molecule has 17 heavy (non-hydrogen) atoms. The third kappa shape index (κ3) is 2.14. The molecular weight excluding hydrogens is 226 g/mol. The van der Waals surface area contributed by atoms with Gasteiger partial charge in [-0.1, -0.05) is 0 Å². The molecule has 7 heteroatoms. The van der Waals surface area contributed by atoms with E-state index in [2.05, 4.69) is 5.10 Å². The molecule has 2 rings (SSSR count). The van der Waals surface area contributed by atoms with E-state index in [1.807, 2.05) is 0 Å². The lowest BCUT2D eigenvalue weighted by Gasteiger charge is -2.19. The van der Waals surface area contributed by atoms with Crippen LogP contribution in [0.2, 0.25) is 0 Å². The molecule has 1 aliphatic heterocycles. The fourth-order valence-electron chi connectivity index (χ4n) is 1.95. The summed E-state index contributed by atoms with van der Waals surface area (Å²) in [6.07, 6.45) is 0.882. The van der Waals surface area contributed by atoms with Gasteiger partial charge in [0, 0.05) is 26.2 Å². The summed E-state index contributed by atoms with van der Waals surface area (Å²) in [7, 11) is 1.67. The molecule has 1 aromatic heterocycles. The lowest BCUT2D eigenvalue weighted by Crippen LogP contribution is -2.40. The van der Waals surface area contributed by atoms with E-state index < -0.39 is 24.0 Å². The molecule has 0 aliphatic carbocycles. The molecule has 0 radical (unpaired) electrons. The summed E-state index contributed by atoms with van der Waals surface area (Å²) in [6.45, 7) is 0.0341. The van der Waals surface area contributed by atoms with Gasteiger partial charge < -0.3 is 15.1 Å². The highest BCUT2D eigenvalue weighted by Crippen LogP contribution is 2.20. The number of hydrogen-bond acceptors (Lipinski definition) is 4. The van der Waals surface area contributed by atoms with Gasteiger partial charge in [0.15, 0.2) is 0 Å². The summed E-state index contributed by atoms with van der Waals surface area (Å²) in [5, 5.41) is 22.3. The van der Waals surface area contributed by atoms with E-state index in [-0.39, 0.29) is 18.7 Å². The van der Waals surface area contributed by atoms with Crippen LogP contribution in [-0.4, -0.2) is 55.5 Å². The molecule has 0 aromatic carbocycles. The predicted molar refractivity (Wildman–Crippen MR) is 56.3 cm³/mol. The maximum Gasteiger partial charge on any atom is 0.326 e. The summed E-state index contributed by atoms with van der Waals surface area (Å²) < 4.78 is 1.47. The molecule has 92 valence electrons. The van der Waals surface area contributed by atoms with E-state index in [9.17, 15) is 14.7 Å². The molecule has 1 fully saturated rings. The zero-order chi connectivity index (χ0) is 12.6. The largest absolute Gasteiger partial charge is 0.480 e. The monoisotopic (exact) mass is 239 g/mol. The summed E-state index contributed by atoms with van der Waals surface area (Å²) in [5.41, 5.74) is 0.188. The average Bonchev–Trinajstić information content (AvgIpc) is 2.83. The average molecular weight is 239 g/mol. The van der Waals surface area contributed by atoms with Gasteiger partial charge in [-0.25, -0.2) is 4.79 Å². The fraction of sp³-hybridized carbons (Fsp3) is 0.500. The first kappa shape index (κ1) is 11.6. The summed E-state index contributed by atoms with van der Waals surface area (Å²) in [4.78, 5) is 24.1. The van der Waals surface area contributed by atoms with Crippen molar-refractivity contribution in [1.82, 2.24) is 14.7 Å². The first-order valence-corrected chi connectivity index (χ1v) is 5.20. The van der Waals surface area contributed by atoms with Crippen molar-refractivity contribution in [3.63, 3.8) is 0 Å². The Kier molecular flexibility index (Phi) is 2.84. The minimum Gasteiger partial charge on any atom is -0.480 e. The minimum atomic E-state index is -1.11. The number of aliphatic carboxylic acids is 1. The number of aromatic nitrogens is 2. The molecule has 2 N–H and O–H groups in total. The second-order valence-corrected chi connectivity index (χ2v) is 4.08. The number of carboxylic acid groups (broad SMARTS) is 1. The number of rotatable bonds is 2. The van der Waals surface area contributed by atoms with Crippen molar-refractivity contribution in [3.8, 4) is 0 Å². The number of carbonyl (C=O) groups is 2. The van der Waals surface area contributed by atoms with E-state index in [1.54, 1.807) is 13.2 Å². The van der Waals surface area contributed by atoms with Crippen LogP contribution in [0.15, 0.2) is 12.3 Å². The van der Waals surface area contributed by atoms with Crippen molar-refractivity contribution in [1.29, 1.82) is 0 Å². The van der Waals surface area contributed by atoms with Crippen molar-refractivity contribution in [3.05, 3.63) is 18.0 Å². The number of aliphatic hydroxyl groups is 1. The van der Waals surface area contributed by atoms with Gasteiger partial charge >= 0.3 is 5.97 Å². The van der Waals surface area contributed by atoms with E-state index >= 15 is 0 Å². The van der Waals surface area contributed by atoms with Crippen LogP contribution in [0.4, 0.5) is 0 Å². The highest BCUT2D eigenvalue weighted by atomic mass is 16.4. The number of likely N-dealkylation sites (tertiary alicyclic amines) is 1. The van der Waals surface area contributed by atoms with E-state index in [0.29, 0.717) is 0 Å². The Hall–Kier alpha value is -1.89. The van der Waals surface area contributed by atoms with Gasteiger partial charge in [0.05, 0.1) is 6.10 Å². The van der Waals surface area contributed by atoms with Crippen LogP contribution in [0.5, 0.6) is 0 Å². The Morgan fingerprint density at radius 2 is 2.24 bits per heavy atom. The van der Waals surface area contributed by atoms with Crippen LogP contribution in [0.25, 0.3) is 0 Å². The molecule has 0 unspecified atom stereocenters. The Morgan fingerprint density at radius 1 is 1.53 bits per heavy atom. The summed E-state index contributed by atoms with van der Waals surface area (Å²) >= 11 is 0. The van der Waals surface area contributed by atoms with Crippen molar-refractivity contribution >= 4 is 11.9 Å². The first-order valence-electron chi connectivity index (χ1n) is 5.20. The lowest BCUT2D eigenvalue weighted by molar-refractivity contribution is -0.141. The quantitative estimate of drug-likeness (QED) is 0.696. The summed E-state index contributed by atoms with van der Waals surface area (Å²) in [5.74, 6) is -1.57. The Labute approximate surface area is 97.3 Å². The number of carbonyl (C=O) groups excluding carboxylic acids is 1. The van der Waals surface area contributed by atoms with Crippen molar-refractivity contribution in [2.45, 2.75) is 18.6 Å². The topological polar surface area (TPSA) is 95.7 Å². The lowest BCUT2D eigenvalue weighted by atomic mass is 10.2. The zero-order valence-corrected chi connectivity index (χ0v) is 9.28. The van der Waals surface area contributed by atoms with Gasteiger partial charge in [0.2, 0.25) is 0 Å². The number of β-amino-alcohol motifs (C(OH)–C–C–N with tert-alkyl or cyclic N) is 1. The minimum absolute atomic E-state index is 0.0341. The maximum absolute atomic E-state index is 12.0. The number of nitrogens with zero attached hydrogens (tertiary/aromatic N) is 3. The molecule has 0 bridgehead atoms. The standard InChI is InChI=1S/C10H13N3O4/c1-12-3-2-7(11-12)9(15)13-5-6(14)4-8(13)10(16)17/h2-3,6,8,14H,4-5H2,1H3,(H,16,17)/t6-,8-/m1/s1. The number of aryl methyl sites for hydroxylation is 1. The van der Waals surface area contributed by atoms with Crippen LogP contribution < -0.4 is 0 Å². The van der Waals surface area contributed by atoms with Crippen LogP contribution in [0, 0.1) is 0 Å². The van der Waals surface area contributed by atoms with Gasteiger partial charge in [0.1, 0.15) is 11.7 Å². The van der Waals surface area contributed by atoms with Crippen LogP contribution in [0.3, 0.4) is 0 Å². The van der Waals surface area contributed by atoms with Gasteiger partial charge in [-0.2, -0.15) is 5.10 Å². The molecule has 1 aliphatic rings. The van der Waals surface area contributed by atoms with Gasteiger partial charge in [-0.05, 0) is 6.07 Å². The van der Waals surface area contributed by atoms with Crippen LogP contribution in [0.1, 0.15) is 16.9 Å². The maximum atomic E-state index is 12.0. The molecule has 2 heterocycles. The van der Waals surface area contributed by atoms with E-state index in [0.717, 1.165) is 4.90 Å². The molecule has 1 aromatic rings. The molecule has 1 saturated heterocycles. The number of carboxylic acids is 1. The molecule has 0 saturated carbocycles. The third-order valence-corrected chi connectivity index (χ3v) is 2.76.